The van der Waals surface area contributed by atoms with Crippen LogP contribution < -0.4 is 0 Å². The highest BCUT2D eigenvalue weighted by Crippen LogP contribution is 2.39. The number of ether oxygens (including phenoxy) is 1. The summed E-state index contributed by atoms with van der Waals surface area (Å²) in [4.78, 5) is 2.46. The SMILES string of the molecule is CC1CN(C2CC(C(C)(C)C)CCC2O)CCO1. The van der Waals surface area contributed by atoms with Gasteiger partial charge in [-0.15, -0.1) is 0 Å². The molecule has 0 bridgehead atoms. The maximum absolute atomic E-state index is 10.3. The molecule has 0 amide bonds. The molecule has 0 aromatic heterocycles. The second kappa shape index (κ2) is 5.48. The van der Waals surface area contributed by atoms with Gasteiger partial charge in [0.2, 0.25) is 0 Å². The molecule has 1 N–H and O–H groups in total. The van der Waals surface area contributed by atoms with Crippen molar-refractivity contribution in [2.75, 3.05) is 19.7 Å². The van der Waals surface area contributed by atoms with Gasteiger partial charge in [0.1, 0.15) is 0 Å². The second-order valence-corrected chi connectivity index (χ2v) is 7.19. The summed E-state index contributed by atoms with van der Waals surface area (Å²) < 4.78 is 5.60. The Kier molecular flexibility index (Phi) is 4.35. The van der Waals surface area contributed by atoms with E-state index in [1.165, 1.54) is 6.42 Å². The Morgan fingerprint density at radius 2 is 1.94 bits per heavy atom. The lowest BCUT2D eigenvalue weighted by Crippen LogP contribution is -2.54. The molecule has 3 nitrogen and oxygen atoms in total. The van der Waals surface area contributed by atoms with E-state index in [1.807, 2.05) is 0 Å². The van der Waals surface area contributed by atoms with Crippen molar-refractivity contribution in [3.05, 3.63) is 0 Å². The number of morpholine rings is 1. The first-order valence-electron chi connectivity index (χ1n) is 7.41. The molecule has 18 heavy (non-hydrogen) atoms. The van der Waals surface area contributed by atoms with Crippen LogP contribution in [0.2, 0.25) is 0 Å². The zero-order valence-corrected chi connectivity index (χ0v) is 12.4. The van der Waals surface area contributed by atoms with Crippen molar-refractivity contribution in [3.63, 3.8) is 0 Å². The molecular weight excluding hydrogens is 226 g/mol. The van der Waals surface area contributed by atoms with Crippen LogP contribution in [0.1, 0.15) is 47.0 Å². The number of nitrogens with zero attached hydrogens (tertiary/aromatic N) is 1. The molecule has 1 saturated heterocycles. The van der Waals surface area contributed by atoms with E-state index in [4.69, 9.17) is 4.74 Å². The van der Waals surface area contributed by atoms with Gasteiger partial charge in [0.15, 0.2) is 0 Å². The largest absolute Gasteiger partial charge is 0.391 e. The minimum atomic E-state index is -0.145. The minimum absolute atomic E-state index is 0.145. The standard InChI is InChI=1S/C15H29NO2/c1-11-10-16(7-8-18-11)13-9-12(15(2,3)4)5-6-14(13)17/h11-14,17H,5-10H2,1-4H3. The van der Waals surface area contributed by atoms with Crippen LogP contribution in [0.5, 0.6) is 0 Å². The van der Waals surface area contributed by atoms with Crippen LogP contribution in [0.4, 0.5) is 0 Å². The zero-order chi connectivity index (χ0) is 13.3. The van der Waals surface area contributed by atoms with Crippen LogP contribution in [0.25, 0.3) is 0 Å². The molecular formula is C15H29NO2. The van der Waals surface area contributed by atoms with E-state index in [9.17, 15) is 5.11 Å². The Morgan fingerprint density at radius 3 is 2.56 bits per heavy atom. The molecule has 1 aliphatic carbocycles. The summed E-state index contributed by atoms with van der Waals surface area (Å²) in [7, 11) is 0. The first-order valence-corrected chi connectivity index (χ1v) is 7.41. The van der Waals surface area contributed by atoms with Gasteiger partial charge in [-0.25, -0.2) is 0 Å². The summed E-state index contributed by atoms with van der Waals surface area (Å²) in [5.74, 6) is 0.726. The molecule has 0 aromatic carbocycles. The fourth-order valence-corrected chi connectivity index (χ4v) is 3.46. The van der Waals surface area contributed by atoms with Crippen LogP contribution in [0, 0.1) is 11.3 Å². The molecule has 2 rings (SSSR count). The summed E-state index contributed by atoms with van der Waals surface area (Å²) in [5, 5.41) is 10.3. The lowest BCUT2D eigenvalue weighted by molar-refractivity contribution is -0.0800. The van der Waals surface area contributed by atoms with E-state index in [-0.39, 0.29) is 6.10 Å². The molecule has 106 valence electrons. The van der Waals surface area contributed by atoms with Crippen LogP contribution >= 0.6 is 0 Å². The topological polar surface area (TPSA) is 32.7 Å². The van der Waals surface area contributed by atoms with Crippen molar-refractivity contribution >= 4 is 0 Å². The predicted octanol–water partition coefficient (Wildman–Crippen LogP) is 2.28. The summed E-state index contributed by atoms with van der Waals surface area (Å²) in [5.41, 5.74) is 0.357. The van der Waals surface area contributed by atoms with Crippen LogP contribution in [0.3, 0.4) is 0 Å². The highest BCUT2D eigenvalue weighted by molar-refractivity contribution is 4.91. The Hall–Kier alpha value is -0.120. The van der Waals surface area contributed by atoms with Crippen LogP contribution in [-0.4, -0.2) is 48.0 Å². The molecule has 3 heteroatoms. The first-order chi connectivity index (χ1) is 8.38. The summed E-state index contributed by atoms with van der Waals surface area (Å²) in [6.45, 7) is 11.9. The van der Waals surface area contributed by atoms with Crippen LogP contribution in [-0.2, 0) is 4.74 Å². The monoisotopic (exact) mass is 255 g/mol. The van der Waals surface area contributed by atoms with E-state index in [1.54, 1.807) is 0 Å². The van der Waals surface area contributed by atoms with Gasteiger partial charge >= 0.3 is 0 Å². The summed E-state index contributed by atoms with van der Waals surface area (Å²) in [6, 6.07) is 0.342. The van der Waals surface area contributed by atoms with Gasteiger partial charge in [-0.2, -0.15) is 0 Å². The van der Waals surface area contributed by atoms with Crippen molar-refractivity contribution in [2.24, 2.45) is 11.3 Å². The lowest BCUT2D eigenvalue weighted by atomic mass is 9.70. The molecule has 1 saturated carbocycles. The lowest BCUT2D eigenvalue weighted by Gasteiger charge is -2.46. The molecule has 0 aromatic rings. The van der Waals surface area contributed by atoms with Gasteiger partial charge < -0.3 is 9.84 Å². The predicted molar refractivity (Wildman–Crippen MR) is 73.6 cm³/mol. The average molecular weight is 255 g/mol. The molecule has 1 aliphatic heterocycles. The Balaban J connectivity index is 2.01. The van der Waals surface area contributed by atoms with Gasteiger partial charge in [-0.3, -0.25) is 4.90 Å². The maximum atomic E-state index is 10.3. The third kappa shape index (κ3) is 3.25. The normalized spacial score (nSPS) is 39.8. The van der Waals surface area contributed by atoms with Crippen molar-refractivity contribution in [2.45, 2.75) is 65.2 Å². The van der Waals surface area contributed by atoms with E-state index in [0.717, 1.165) is 38.5 Å². The number of aliphatic hydroxyl groups excluding tert-OH is 1. The average Bonchev–Trinajstić information content (AvgIpc) is 2.28. The molecule has 2 fully saturated rings. The quantitative estimate of drug-likeness (QED) is 0.780. The second-order valence-electron chi connectivity index (χ2n) is 7.19. The molecule has 4 unspecified atom stereocenters. The highest BCUT2D eigenvalue weighted by atomic mass is 16.5. The maximum Gasteiger partial charge on any atom is 0.0695 e. The smallest absolute Gasteiger partial charge is 0.0695 e. The number of hydrogen-bond donors (Lipinski definition) is 1. The Bertz CT molecular complexity index is 274. The summed E-state index contributed by atoms with van der Waals surface area (Å²) >= 11 is 0. The molecule has 1 heterocycles. The van der Waals surface area contributed by atoms with Crippen LogP contribution in [0.15, 0.2) is 0 Å². The first kappa shape index (κ1) is 14.3. The number of rotatable bonds is 1. The molecule has 0 spiro atoms. The minimum Gasteiger partial charge on any atom is -0.391 e. The van der Waals surface area contributed by atoms with Gasteiger partial charge in [0, 0.05) is 19.1 Å². The van der Waals surface area contributed by atoms with Crippen molar-refractivity contribution < 1.29 is 9.84 Å². The van der Waals surface area contributed by atoms with Crippen molar-refractivity contribution in [1.82, 2.24) is 4.90 Å². The van der Waals surface area contributed by atoms with Gasteiger partial charge in [-0.1, -0.05) is 20.8 Å². The van der Waals surface area contributed by atoms with E-state index in [2.05, 4.69) is 32.6 Å². The Morgan fingerprint density at radius 1 is 1.22 bits per heavy atom. The third-order valence-corrected chi connectivity index (χ3v) is 4.75. The van der Waals surface area contributed by atoms with E-state index < -0.39 is 0 Å². The highest BCUT2D eigenvalue weighted by Gasteiger charge is 2.38. The third-order valence-electron chi connectivity index (χ3n) is 4.75. The molecule has 4 atom stereocenters. The van der Waals surface area contributed by atoms with E-state index >= 15 is 0 Å². The fraction of sp³-hybridized carbons (Fsp3) is 1.00. The van der Waals surface area contributed by atoms with Gasteiger partial charge in [-0.05, 0) is 37.5 Å². The van der Waals surface area contributed by atoms with Gasteiger partial charge in [0.05, 0.1) is 18.8 Å². The Labute approximate surface area is 112 Å². The van der Waals surface area contributed by atoms with Crippen molar-refractivity contribution in [3.8, 4) is 0 Å². The zero-order valence-electron chi connectivity index (χ0n) is 12.4. The van der Waals surface area contributed by atoms with Crippen molar-refractivity contribution in [1.29, 1.82) is 0 Å². The molecule has 2 aliphatic rings. The fourth-order valence-electron chi connectivity index (χ4n) is 3.46. The number of aliphatic hydroxyl groups is 1. The molecule has 0 radical (unpaired) electrons. The van der Waals surface area contributed by atoms with Gasteiger partial charge in [0.25, 0.3) is 0 Å². The summed E-state index contributed by atoms with van der Waals surface area (Å²) in [6.07, 6.45) is 3.42. The number of hydrogen-bond acceptors (Lipinski definition) is 3. The van der Waals surface area contributed by atoms with E-state index in [0.29, 0.717) is 17.6 Å².